The highest BCUT2D eigenvalue weighted by Crippen LogP contribution is 2.13. The normalized spacial score (nSPS) is 27.8. The molecule has 0 amide bonds. The van der Waals surface area contributed by atoms with Crippen LogP contribution in [0.15, 0.2) is 0 Å². The van der Waals surface area contributed by atoms with Gasteiger partial charge in [0, 0.05) is 18.6 Å². The molecule has 2 nitrogen and oxygen atoms in total. The molecular formula is C10H22N2. The van der Waals surface area contributed by atoms with Gasteiger partial charge in [-0.25, -0.2) is 0 Å². The second-order valence-electron chi connectivity index (χ2n) is 3.99. The van der Waals surface area contributed by atoms with Gasteiger partial charge in [0.15, 0.2) is 0 Å². The molecule has 2 atom stereocenters. The van der Waals surface area contributed by atoms with E-state index in [4.69, 9.17) is 0 Å². The second kappa shape index (κ2) is 4.83. The van der Waals surface area contributed by atoms with Crippen molar-refractivity contribution in [2.45, 2.75) is 45.2 Å². The third-order valence-corrected chi connectivity index (χ3v) is 2.99. The summed E-state index contributed by atoms with van der Waals surface area (Å²) in [6.07, 6.45) is 3.99. The number of hydrogen-bond donors (Lipinski definition) is 1. The average Bonchev–Trinajstić information content (AvgIpc) is 2.47. The summed E-state index contributed by atoms with van der Waals surface area (Å²) in [6.45, 7) is 6.95. The van der Waals surface area contributed by atoms with Gasteiger partial charge in [-0.15, -0.1) is 0 Å². The van der Waals surface area contributed by atoms with Gasteiger partial charge in [-0.1, -0.05) is 6.92 Å². The molecule has 0 spiro atoms. The highest BCUT2D eigenvalue weighted by molar-refractivity contribution is 4.78. The summed E-state index contributed by atoms with van der Waals surface area (Å²) in [5.41, 5.74) is 0. The van der Waals surface area contributed by atoms with Crippen LogP contribution in [0.5, 0.6) is 0 Å². The van der Waals surface area contributed by atoms with Gasteiger partial charge in [-0.2, -0.15) is 0 Å². The van der Waals surface area contributed by atoms with Gasteiger partial charge in [0.25, 0.3) is 0 Å². The largest absolute Gasteiger partial charge is 0.313 e. The lowest BCUT2D eigenvalue weighted by molar-refractivity contribution is 0.292. The van der Waals surface area contributed by atoms with Crippen LogP contribution in [0, 0.1) is 0 Å². The Morgan fingerprint density at radius 1 is 1.58 bits per heavy atom. The summed E-state index contributed by atoms with van der Waals surface area (Å²) < 4.78 is 0. The Labute approximate surface area is 76.3 Å². The van der Waals surface area contributed by atoms with Crippen molar-refractivity contribution in [2.24, 2.45) is 0 Å². The minimum absolute atomic E-state index is 0.680. The monoisotopic (exact) mass is 170 g/mol. The Bertz CT molecular complexity index is 125. The summed E-state index contributed by atoms with van der Waals surface area (Å²) in [5, 5.41) is 3.56. The minimum Gasteiger partial charge on any atom is -0.313 e. The topological polar surface area (TPSA) is 15.3 Å². The number of hydrogen-bond acceptors (Lipinski definition) is 2. The van der Waals surface area contributed by atoms with E-state index in [0.717, 1.165) is 6.04 Å². The van der Waals surface area contributed by atoms with E-state index in [2.05, 4.69) is 31.1 Å². The molecule has 1 saturated heterocycles. The van der Waals surface area contributed by atoms with Crippen molar-refractivity contribution in [2.75, 3.05) is 20.1 Å². The third-order valence-electron chi connectivity index (χ3n) is 2.99. The molecule has 1 aliphatic heterocycles. The van der Waals surface area contributed by atoms with Crippen LogP contribution in [0.3, 0.4) is 0 Å². The van der Waals surface area contributed by atoms with Crippen LogP contribution in [0.2, 0.25) is 0 Å². The standard InChI is InChI=1S/C10H22N2/c1-4-9(2)11-8-10-6-5-7-12(10)3/h9-11H,4-8H2,1-3H3/t9?,10-/m0/s1. The fourth-order valence-corrected chi connectivity index (χ4v) is 1.72. The fraction of sp³-hybridized carbons (Fsp3) is 1.00. The highest BCUT2D eigenvalue weighted by atomic mass is 15.2. The van der Waals surface area contributed by atoms with Crippen LogP contribution in [-0.2, 0) is 0 Å². The summed E-state index contributed by atoms with van der Waals surface area (Å²) in [6, 6.07) is 1.47. The molecule has 1 fully saturated rings. The molecule has 0 saturated carbocycles. The van der Waals surface area contributed by atoms with E-state index in [1.54, 1.807) is 0 Å². The molecule has 72 valence electrons. The summed E-state index contributed by atoms with van der Waals surface area (Å²) in [4.78, 5) is 2.47. The molecule has 0 aromatic heterocycles. The molecule has 2 heteroatoms. The van der Waals surface area contributed by atoms with Crippen molar-refractivity contribution in [3.8, 4) is 0 Å². The van der Waals surface area contributed by atoms with Gasteiger partial charge >= 0.3 is 0 Å². The molecule has 0 radical (unpaired) electrons. The van der Waals surface area contributed by atoms with E-state index < -0.39 is 0 Å². The Hall–Kier alpha value is -0.0800. The molecule has 12 heavy (non-hydrogen) atoms. The maximum absolute atomic E-state index is 3.56. The Kier molecular flexibility index (Phi) is 4.02. The number of rotatable bonds is 4. The predicted octanol–water partition coefficient (Wildman–Crippen LogP) is 1.47. The van der Waals surface area contributed by atoms with Crippen LogP contribution >= 0.6 is 0 Å². The zero-order valence-electron chi connectivity index (χ0n) is 8.64. The van der Waals surface area contributed by atoms with Crippen molar-refractivity contribution >= 4 is 0 Å². The molecule has 1 heterocycles. The smallest absolute Gasteiger partial charge is 0.0218 e. The lowest BCUT2D eigenvalue weighted by Crippen LogP contribution is -2.38. The zero-order valence-corrected chi connectivity index (χ0v) is 8.64. The molecule has 0 aliphatic carbocycles. The van der Waals surface area contributed by atoms with Crippen molar-refractivity contribution in [1.29, 1.82) is 0 Å². The first-order valence-electron chi connectivity index (χ1n) is 5.17. The van der Waals surface area contributed by atoms with Crippen molar-refractivity contribution in [3.05, 3.63) is 0 Å². The molecular weight excluding hydrogens is 148 g/mol. The molecule has 0 aromatic carbocycles. The number of nitrogens with one attached hydrogen (secondary N) is 1. The van der Waals surface area contributed by atoms with Gasteiger partial charge in [0.2, 0.25) is 0 Å². The molecule has 0 bridgehead atoms. The first kappa shape index (κ1) is 10.0. The van der Waals surface area contributed by atoms with E-state index in [9.17, 15) is 0 Å². The summed E-state index contributed by atoms with van der Waals surface area (Å²) in [7, 11) is 2.23. The highest BCUT2D eigenvalue weighted by Gasteiger charge is 2.20. The van der Waals surface area contributed by atoms with Crippen LogP contribution < -0.4 is 5.32 Å². The van der Waals surface area contributed by atoms with E-state index >= 15 is 0 Å². The lowest BCUT2D eigenvalue weighted by Gasteiger charge is -2.21. The Morgan fingerprint density at radius 2 is 2.33 bits per heavy atom. The SMILES string of the molecule is CCC(C)NC[C@@H]1CCCN1C. The number of likely N-dealkylation sites (N-methyl/N-ethyl adjacent to an activating group) is 1. The van der Waals surface area contributed by atoms with Crippen molar-refractivity contribution < 1.29 is 0 Å². The van der Waals surface area contributed by atoms with E-state index in [1.165, 1.54) is 32.4 Å². The van der Waals surface area contributed by atoms with E-state index in [0.29, 0.717) is 6.04 Å². The van der Waals surface area contributed by atoms with Crippen LogP contribution in [-0.4, -0.2) is 37.1 Å². The first-order chi connectivity index (χ1) is 5.74. The molecule has 1 aliphatic rings. The molecule has 1 N–H and O–H groups in total. The van der Waals surface area contributed by atoms with E-state index in [-0.39, 0.29) is 0 Å². The zero-order chi connectivity index (χ0) is 8.97. The van der Waals surface area contributed by atoms with Gasteiger partial charge in [0.05, 0.1) is 0 Å². The van der Waals surface area contributed by atoms with Crippen molar-refractivity contribution in [1.82, 2.24) is 10.2 Å². The first-order valence-corrected chi connectivity index (χ1v) is 5.17. The van der Waals surface area contributed by atoms with Gasteiger partial charge < -0.3 is 10.2 Å². The van der Waals surface area contributed by atoms with Crippen LogP contribution in [0.1, 0.15) is 33.1 Å². The fourth-order valence-electron chi connectivity index (χ4n) is 1.72. The van der Waals surface area contributed by atoms with Crippen molar-refractivity contribution in [3.63, 3.8) is 0 Å². The molecule has 0 aromatic rings. The maximum Gasteiger partial charge on any atom is 0.0218 e. The molecule has 1 rings (SSSR count). The number of likely N-dealkylation sites (tertiary alicyclic amines) is 1. The quantitative estimate of drug-likeness (QED) is 0.687. The maximum atomic E-state index is 3.56. The summed E-state index contributed by atoms with van der Waals surface area (Å²) in [5.74, 6) is 0. The molecule has 1 unspecified atom stereocenters. The van der Waals surface area contributed by atoms with Crippen LogP contribution in [0.25, 0.3) is 0 Å². The Balaban J connectivity index is 2.13. The summed E-state index contributed by atoms with van der Waals surface area (Å²) >= 11 is 0. The van der Waals surface area contributed by atoms with Gasteiger partial charge in [0.1, 0.15) is 0 Å². The number of nitrogens with zero attached hydrogens (tertiary/aromatic N) is 1. The average molecular weight is 170 g/mol. The van der Waals surface area contributed by atoms with Gasteiger partial charge in [-0.3, -0.25) is 0 Å². The third kappa shape index (κ3) is 2.76. The Morgan fingerprint density at radius 3 is 2.83 bits per heavy atom. The van der Waals surface area contributed by atoms with E-state index in [1.807, 2.05) is 0 Å². The predicted molar refractivity (Wildman–Crippen MR) is 53.4 cm³/mol. The van der Waals surface area contributed by atoms with Crippen LogP contribution in [0.4, 0.5) is 0 Å². The minimum atomic E-state index is 0.680. The lowest BCUT2D eigenvalue weighted by atomic mass is 10.2. The second-order valence-corrected chi connectivity index (χ2v) is 3.99. The van der Waals surface area contributed by atoms with Gasteiger partial charge in [-0.05, 0) is 39.8 Å².